The van der Waals surface area contributed by atoms with Crippen LogP contribution >= 0.6 is 11.3 Å². The largest absolute Gasteiger partial charge is 0.416 e. The summed E-state index contributed by atoms with van der Waals surface area (Å²) in [6.07, 6.45) is -2.86. The zero-order valence-electron chi connectivity index (χ0n) is 21.2. The summed E-state index contributed by atoms with van der Waals surface area (Å²) < 4.78 is 41.5. The zero-order valence-corrected chi connectivity index (χ0v) is 22.0. The lowest BCUT2D eigenvalue weighted by Crippen LogP contribution is -2.44. The maximum Gasteiger partial charge on any atom is 0.416 e. The third-order valence-corrected chi connectivity index (χ3v) is 7.20. The summed E-state index contributed by atoms with van der Waals surface area (Å²) in [5.74, 6) is 0.861. The number of alkyl halides is 3. The number of benzene rings is 1. The summed E-state index contributed by atoms with van der Waals surface area (Å²) >= 11 is 1.24. The number of hydrogen-bond acceptors (Lipinski definition) is 7. The molecule has 0 atom stereocenters. The van der Waals surface area contributed by atoms with Crippen molar-refractivity contribution >= 4 is 28.2 Å². The SMILES string of the molecule is Cc1nc(NC(=O)Nc2ccc(CN3CCN(C)CC3)c(C(F)(F)F)c2)sc1-c1ccnc(C(C)C)n1. The van der Waals surface area contributed by atoms with Crippen LogP contribution in [0.15, 0.2) is 30.5 Å². The van der Waals surface area contributed by atoms with E-state index in [4.69, 9.17) is 0 Å². The number of halogens is 3. The molecule has 37 heavy (non-hydrogen) atoms. The van der Waals surface area contributed by atoms with E-state index in [-0.39, 0.29) is 23.7 Å². The number of likely N-dealkylation sites (N-methyl/N-ethyl adjacent to an activating group) is 1. The fourth-order valence-corrected chi connectivity index (χ4v) is 4.96. The van der Waals surface area contributed by atoms with Crippen LogP contribution in [-0.2, 0) is 12.7 Å². The number of amides is 2. The van der Waals surface area contributed by atoms with E-state index in [1.165, 1.54) is 23.5 Å². The van der Waals surface area contributed by atoms with E-state index >= 15 is 0 Å². The van der Waals surface area contributed by atoms with Gasteiger partial charge >= 0.3 is 12.2 Å². The number of aromatic nitrogens is 3. The number of nitrogens with one attached hydrogen (secondary N) is 2. The molecule has 0 unspecified atom stereocenters. The van der Waals surface area contributed by atoms with Crippen LogP contribution in [0.5, 0.6) is 0 Å². The van der Waals surface area contributed by atoms with Gasteiger partial charge in [0.1, 0.15) is 5.82 Å². The predicted octanol–water partition coefficient (Wildman–Crippen LogP) is 5.44. The lowest BCUT2D eigenvalue weighted by Gasteiger charge is -2.33. The van der Waals surface area contributed by atoms with E-state index in [1.807, 2.05) is 25.8 Å². The van der Waals surface area contributed by atoms with E-state index in [9.17, 15) is 18.0 Å². The first-order valence-electron chi connectivity index (χ1n) is 12.0. The minimum atomic E-state index is -4.54. The molecule has 0 bridgehead atoms. The fourth-order valence-electron chi connectivity index (χ4n) is 4.03. The maximum atomic E-state index is 13.8. The quantitative estimate of drug-likeness (QED) is 0.439. The van der Waals surface area contributed by atoms with Crippen LogP contribution in [0, 0.1) is 6.92 Å². The molecule has 4 rings (SSSR count). The molecule has 1 saturated heterocycles. The third kappa shape index (κ3) is 6.82. The van der Waals surface area contributed by atoms with Gasteiger partial charge < -0.3 is 10.2 Å². The number of urea groups is 1. The summed E-state index contributed by atoms with van der Waals surface area (Å²) in [4.78, 5) is 30.8. The van der Waals surface area contributed by atoms with Crippen LogP contribution in [0.4, 0.5) is 28.8 Å². The van der Waals surface area contributed by atoms with Crippen LogP contribution in [-0.4, -0.2) is 64.0 Å². The van der Waals surface area contributed by atoms with Gasteiger partial charge in [0, 0.05) is 50.5 Å². The second kappa shape index (κ2) is 11.1. The first kappa shape index (κ1) is 27.0. The predicted molar refractivity (Wildman–Crippen MR) is 139 cm³/mol. The number of anilines is 2. The molecule has 1 aliphatic rings. The van der Waals surface area contributed by atoms with Crippen molar-refractivity contribution in [3.8, 4) is 10.6 Å². The van der Waals surface area contributed by atoms with Crippen molar-refractivity contribution < 1.29 is 18.0 Å². The Morgan fingerprint density at radius 2 is 1.84 bits per heavy atom. The van der Waals surface area contributed by atoms with Gasteiger partial charge in [-0.3, -0.25) is 10.2 Å². The lowest BCUT2D eigenvalue weighted by atomic mass is 10.0. The Labute approximate surface area is 217 Å². The van der Waals surface area contributed by atoms with Crippen molar-refractivity contribution in [1.29, 1.82) is 0 Å². The molecule has 2 N–H and O–H groups in total. The van der Waals surface area contributed by atoms with Crippen molar-refractivity contribution in [2.24, 2.45) is 0 Å². The lowest BCUT2D eigenvalue weighted by molar-refractivity contribution is -0.138. The van der Waals surface area contributed by atoms with Crippen molar-refractivity contribution in [1.82, 2.24) is 24.8 Å². The second-order valence-corrected chi connectivity index (χ2v) is 10.4. The normalized spacial score (nSPS) is 15.2. The monoisotopic (exact) mass is 533 g/mol. The molecular weight excluding hydrogens is 503 g/mol. The second-order valence-electron chi connectivity index (χ2n) is 9.42. The molecule has 3 heterocycles. The number of rotatable bonds is 6. The van der Waals surface area contributed by atoms with E-state index < -0.39 is 17.8 Å². The standard InChI is InChI=1S/C25H30F3N7OS/c1-15(2)22-29-8-7-20(32-22)21-16(3)30-24(37-21)33-23(36)31-18-6-5-17(19(13-18)25(26,27)28)14-35-11-9-34(4)10-12-35/h5-8,13,15H,9-12,14H2,1-4H3,(H2,30,31,33,36). The zero-order chi connectivity index (χ0) is 26.7. The molecule has 1 aromatic carbocycles. The number of piperazine rings is 1. The fraction of sp³-hybridized carbons (Fsp3) is 0.440. The summed E-state index contributed by atoms with van der Waals surface area (Å²) in [5, 5.41) is 5.44. The van der Waals surface area contributed by atoms with Crippen molar-refractivity contribution in [2.75, 3.05) is 43.9 Å². The topological polar surface area (TPSA) is 86.3 Å². The molecule has 1 aliphatic heterocycles. The molecule has 2 aromatic heterocycles. The Hall–Kier alpha value is -3.09. The summed E-state index contributed by atoms with van der Waals surface area (Å²) in [7, 11) is 2.00. The molecule has 3 aromatic rings. The number of carbonyl (C=O) groups is 1. The smallest absolute Gasteiger partial charge is 0.308 e. The van der Waals surface area contributed by atoms with Gasteiger partial charge in [-0.15, -0.1) is 0 Å². The molecule has 0 radical (unpaired) electrons. The van der Waals surface area contributed by atoms with Gasteiger partial charge in [0.25, 0.3) is 0 Å². The molecule has 12 heteroatoms. The molecule has 8 nitrogen and oxygen atoms in total. The number of aryl methyl sites for hydroxylation is 1. The third-order valence-electron chi connectivity index (χ3n) is 6.10. The van der Waals surface area contributed by atoms with Crippen molar-refractivity contribution in [3.05, 3.63) is 53.1 Å². The average molecular weight is 534 g/mol. The van der Waals surface area contributed by atoms with Crippen LogP contribution < -0.4 is 10.6 Å². The minimum absolute atomic E-state index is 0.0535. The van der Waals surface area contributed by atoms with E-state index in [2.05, 4.69) is 30.5 Å². The van der Waals surface area contributed by atoms with Crippen LogP contribution in [0.1, 0.15) is 42.4 Å². The molecule has 1 fully saturated rings. The van der Waals surface area contributed by atoms with Gasteiger partial charge in [-0.05, 0) is 37.7 Å². The number of thiazole rings is 1. The van der Waals surface area contributed by atoms with Gasteiger partial charge in [0.15, 0.2) is 5.13 Å². The van der Waals surface area contributed by atoms with E-state index in [1.54, 1.807) is 19.2 Å². The van der Waals surface area contributed by atoms with Crippen molar-refractivity contribution in [3.63, 3.8) is 0 Å². The molecule has 0 saturated carbocycles. The number of carbonyl (C=O) groups excluding carboxylic acids is 1. The van der Waals surface area contributed by atoms with Crippen LogP contribution in [0.25, 0.3) is 10.6 Å². The Morgan fingerprint density at radius 1 is 1.11 bits per heavy atom. The minimum Gasteiger partial charge on any atom is -0.308 e. The van der Waals surface area contributed by atoms with E-state index in [0.29, 0.717) is 35.4 Å². The molecule has 0 spiro atoms. The molecular formula is C25H30F3N7OS. The van der Waals surface area contributed by atoms with Crippen LogP contribution in [0.3, 0.4) is 0 Å². The number of nitrogens with zero attached hydrogens (tertiary/aromatic N) is 5. The highest BCUT2D eigenvalue weighted by Crippen LogP contribution is 2.35. The summed E-state index contributed by atoms with van der Waals surface area (Å²) in [5.41, 5.74) is 0.877. The Bertz CT molecular complexity index is 1250. The average Bonchev–Trinajstić information content (AvgIpc) is 3.20. The highest BCUT2D eigenvalue weighted by molar-refractivity contribution is 7.19. The first-order valence-corrected chi connectivity index (χ1v) is 12.8. The number of hydrogen-bond donors (Lipinski definition) is 2. The van der Waals surface area contributed by atoms with Gasteiger partial charge in [-0.2, -0.15) is 13.2 Å². The van der Waals surface area contributed by atoms with Gasteiger partial charge in [-0.25, -0.2) is 19.7 Å². The maximum absolute atomic E-state index is 13.8. The Kier molecular flexibility index (Phi) is 8.10. The van der Waals surface area contributed by atoms with E-state index in [0.717, 1.165) is 24.0 Å². The van der Waals surface area contributed by atoms with Crippen molar-refractivity contribution in [2.45, 2.75) is 39.4 Å². The Balaban J connectivity index is 1.46. The van der Waals surface area contributed by atoms with Gasteiger partial charge in [0.05, 0.1) is 21.8 Å². The molecule has 0 aliphatic carbocycles. The van der Waals surface area contributed by atoms with Gasteiger partial charge in [0.2, 0.25) is 0 Å². The molecule has 2 amide bonds. The first-order chi connectivity index (χ1) is 17.5. The summed E-state index contributed by atoms with van der Waals surface area (Å²) in [6, 6.07) is 5.01. The highest BCUT2D eigenvalue weighted by atomic mass is 32.1. The Morgan fingerprint density at radius 3 is 2.51 bits per heavy atom. The van der Waals surface area contributed by atoms with Gasteiger partial charge in [-0.1, -0.05) is 31.3 Å². The summed E-state index contributed by atoms with van der Waals surface area (Å²) in [6.45, 7) is 9.06. The highest BCUT2D eigenvalue weighted by Gasteiger charge is 2.34. The van der Waals surface area contributed by atoms with Crippen LogP contribution in [0.2, 0.25) is 0 Å². The molecule has 198 valence electrons.